The SMILES string of the molecule is O=C(C[NH2+]Cc1cccs1)Nc1ccccc1C(F)(F)F. The summed E-state index contributed by atoms with van der Waals surface area (Å²) in [5, 5.41) is 5.99. The highest BCUT2D eigenvalue weighted by molar-refractivity contribution is 7.09. The molecule has 1 heterocycles. The van der Waals surface area contributed by atoms with E-state index >= 15 is 0 Å². The number of quaternary nitrogens is 1. The highest BCUT2D eigenvalue weighted by atomic mass is 32.1. The van der Waals surface area contributed by atoms with Gasteiger partial charge < -0.3 is 10.6 Å². The Kier molecular flexibility index (Phi) is 4.98. The van der Waals surface area contributed by atoms with Crippen molar-refractivity contribution in [3.05, 3.63) is 52.2 Å². The van der Waals surface area contributed by atoms with Crippen molar-refractivity contribution in [3.8, 4) is 0 Å². The molecule has 0 atom stereocenters. The quantitative estimate of drug-likeness (QED) is 0.875. The molecule has 7 heteroatoms. The number of rotatable bonds is 5. The Morgan fingerprint density at radius 1 is 1.19 bits per heavy atom. The van der Waals surface area contributed by atoms with Crippen LogP contribution in [0.15, 0.2) is 41.8 Å². The molecule has 0 aliphatic heterocycles. The van der Waals surface area contributed by atoms with Crippen LogP contribution in [-0.4, -0.2) is 12.5 Å². The van der Waals surface area contributed by atoms with Gasteiger partial charge in [-0.25, -0.2) is 0 Å². The summed E-state index contributed by atoms with van der Waals surface area (Å²) >= 11 is 1.57. The maximum Gasteiger partial charge on any atom is 0.418 e. The van der Waals surface area contributed by atoms with E-state index in [9.17, 15) is 18.0 Å². The first-order valence-electron chi connectivity index (χ1n) is 6.27. The summed E-state index contributed by atoms with van der Waals surface area (Å²) in [5.74, 6) is -0.455. The van der Waals surface area contributed by atoms with Crippen molar-refractivity contribution >= 4 is 22.9 Å². The van der Waals surface area contributed by atoms with Crippen LogP contribution in [-0.2, 0) is 17.5 Å². The second-order valence-electron chi connectivity index (χ2n) is 4.37. The van der Waals surface area contributed by atoms with Gasteiger partial charge in [0.25, 0.3) is 5.91 Å². The maximum atomic E-state index is 12.8. The molecule has 0 unspecified atom stereocenters. The number of anilines is 1. The second kappa shape index (κ2) is 6.73. The minimum atomic E-state index is -4.48. The van der Waals surface area contributed by atoms with Crippen molar-refractivity contribution in [2.24, 2.45) is 0 Å². The molecule has 0 saturated carbocycles. The van der Waals surface area contributed by atoms with Gasteiger partial charge in [-0.15, -0.1) is 11.3 Å². The molecule has 2 aromatic rings. The van der Waals surface area contributed by atoms with Crippen LogP contribution in [0.2, 0.25) is 0 Å². The number of nitrogens with one attached hydrogen (secondary N) is 1. The van der Waals surface area contributed by atoms with Gasteiger partial charge in [0.15, 0.2) is 6.54 Å². The number of carbonyl (C=O) groups is 1. The first kappa shape index (κ1) is 15.5. The van der Waals surface area contributed by atoms with Gasteiger partial charge in [-0.2, -0.15) is 13.2 Å². The zero-order chi connectivity index (χ0) is 15.3. The molecule has 0 saturated heterocycles. The van der Waals surface area contributed by atoms with Crippen LogP contribution >= 0.6 is 11.3 Å². The summed E-state index contributed by atoms with van der Waals surface area (Å²) in [6, 6.07) is 8.80. The molecule has 1 amide bonds. The fraction of sp³-hybridized carbons (Fsp3) is 0.214. The Hall–Kier alpha value is -1.86. The second-order valence-corrected chi connectivity index (χ2v) is 5.40. The number of halogens is 3. The van der Waals surface area contributed by atoms with Gasteiger partial charge in [0, 0.05) is 0 Å². The summed E-state index contributed by atoms with van der Waals surface area (Å²) < 4.78 is 38.3. The van der Waals surface area contributed by atoms with Gasteiger partial charge in [0.2, 0.25) is 0 Å². The Morgan fingerprint density at radius 3 is 2.62 bits per heavy atom. The highest BCUT2D eigenvalue weighted by Gasteiger charge is 2.33. The molecule has 1 aromatic carbocycles. The van der Waals surface area contributed by atoms with E-state index in [0.29, 0.717) is 6.54 Å². The third-order valence-electron chi connectivity index (χ3n) is 2.76. The summed E-state index contributed by atoms with van der Waals surface area (Å²) in [7, 11) is 0. The van der Waals surface area contributed by atoms with Crippen LogP contribution in [0, 0.1) is 0 Å². The molecule has 0 aliphatic carbocycles. The molecule has 0 aliphatic rings. The molecule has 0 fully saturated rings. The number of thiophene rings is 1. The number of nitrogens with two attached hydrogens (primary N) is 1. The van der Waals surface area contributed by atoms with E-state index in [0.717, 1.165) is 10.9 Å². The molecule has 21 heavy (non-hydrogen) atoms. The molecule has 3 nitrogen and oxygen atoms in total. The van der Waals surface area contributed by atoms with Crippen LogP contribution < -0.4 is 10.6 Å². The molecule has 3 N–H and O–H groups in total. The average Bonchev–Trinajstić information content (AvgIpc) is 2.91. The van der Waals surface area contributed by atoms with Gasteiger partial charge in [-0.05, 0) is 23.6 Å². The van der Waals surface area contributed by atoms with Crippen LogP contribution in [0.4, 0.5) is 18.9 Å². The van der Waals surface area contributed by atoms with Crippen molar-refractivity contribution in [3.63, 3.8) is 0 Å². The lowest BCUT2D eigenvalue weighted by Gasteiger charge is -2.12. The van der Waals surface area contributed by atoms with Crippen molar-refractivity contribution in [2.45, 2.75) is 12.7 Å². The van der Waals surface area contributed by atoms with Crippen LogP contribution in [0.25, 0.3) is 0 Å². The van der Waals surface area contributed by atoms with Crippen molar-refractivity contribution in [2.75, 3.05) is 11.9 Å². The third kappa shape index (κ3) is 4.57. The maximum absolute atomic E-state index is 12.8. The number of para-hydroxylation sites is 1. The van der Waals surface area contributed by atoms with Crippen molar-refractivity contribution in [1.29, 1.82) is 0 Å². The summed E-state index contributed by atoms with van der Waals surface area (Å²) in [5.41, 5.74) is -1.05. The lowest BCUT2D eigenvalue weighted by atomic mass is 10.1. The standard InChI is InChI=1S/C14H13F3N2OS/c15-14(16,17)11-5-1-2-6-12(11)19-13(20)9-18-8-10-4-3-7-21-10/h1-7,18H,8-9H2,(H,19,20)/p+1. The fourth-order valence-electron chi connectivity index (χ4n) is 1.81. The van der Waals surface area contributed by atoms with Crippen LogP contribution in [0.3, 0.4) is 0 Å². The van der Waals surface area contributed by atoms with E-state index in [2.05, 4.69) is 5.32 Å². The predicted molar refractivity (Wildman–Crippen MR) is 74.9 cm³/mol. The molecule has 2 rings (SSSR count). The van der Waals surface area contributed by atoms with Gasteiger partial charge >= 0.3 is 6.18 Å². The molecule has 0 radical (unpaired) electrons. The lowest BCUT2D eigenvalue weighted by molar-refractivity contribution is -0.659. The Morgan fingerprint density at radius 2 is 1.95 bits per heavy atom. The Bertz CT molecular complexity index is 597. The van der Waals surface area contributed by atoms with Crippen molar-refractivity contribution in [1.82, 2.24) is 0 Å². The zero-order valence-corrected chi connectivity index (χ0v) is 11.8. The highest BCUT2D eigenvalue weighted by Crippen LogP contribution is 2.34. The van der Waals surface area contributed by atoms with Crippen molar-refractivity contribution < 1.29 is 23.3 Å². The number of carbonyl (C=O) groups excluding carboxylic acids is 1. The van der Waals surface area contributed by atoms with E-state index in [1.165, 1.54) is 18.2 Å². The molecular formula is C14H14F3N2OS+. The van der Waals surface area contributed by atoms with Gasteiger partial charge in [-0.1, -0.05) is 18.2 Å². The number of benzene rings is 1. The number of hydrogen-bond donors (Lipinski definition) is 2. The third-order valence-corrected chi connectivity index (χ3v) is 3.66. The topological polar surface area (TPSA) is 45.7 Å². The fourth-order valence-corrected chi connectivity index (χ4v) is 2.52. The van der Waals surface area contributed by atoms with Gasteiger partial charge in [0.1, 0.15) is 6.54 Å². The van der Waals surface area contributed by atoms with E-state index in [4.69, 9.17) is 0 Å². The number of amides is 1. The van der Waals surface area contributed by atoms with Gasteiger partial charge in [0.05, 0.1) is 16.1 Å². The van der Waals surface area contributed by atoms with E-state index < -0.39 is 17.6 Å². The Balaban J connectivity index is 1.91. The summed E-state index contributed by atoms with van der Waals surface area (Å²) in [6.45, 7) is 0.704. The lowest BCUT2D eigenvalue weighted by Crippen LogP contribution is -2.84. The van der Waals surface area contributed by atoms with E-state index in [1.807, 2.05) is 17.5 Å². The molecule has 112 valence electrons. The van der Waals surface area contributed by atoms with Gasteiger partial charge in [-0.3, -0.25) is 4.79 Å². The first-order chi connectivity index (χ1) is 9.97. The van der Waals surface area contributed by atoms with E-state index in [1.54, 1.807) is 16.7 Å². The smallest absolute Gasteiger partial charge is 0.334 e. The van der Waals surface area contributed by atoms with Crippen LogP contribution in [0.5, 0.6) is 0 Å². The largest absolute Gasteiger partial charge is 0.418 e. The number of alkyl halides is 3. The normalized spacial score (nSPS) is 11.4. The monoisotopic (exact) mass is 315 g/mol. The predicted octanol–water partition coefficient (Wildman–Crippen LogP) is 2.47. The zero-order valence-electron chi connectivity index (χ0n) is 11.0. The van der Waals surface area contributed by atoms with E-state index in [-0.39, 0.29) is 12.2 Å². The average molecular weight is 315 g/mol. The molecular weight excluding hydrogens is 301 g/mol. The minimum Gasteiger partial charge on any atom is -0.334 e. The minimum absolute atomic E-state index is 0.0735. The Labute approximate surface area is 123 Å². The summed E-state index contributed by atoms with van der Waals surface area (Å²) in [6.07, 6.45) is -4.48. The summed E-state index contributed by atoms with van der Waals surface area (Å²) in [4.78, 5) is 12.8. The number of hydrogen-bond acceptors (Lipinski definition) is 2. The first-order valence-corrected chi connectivity index (χ1v) is 7.15. The van der Waals surface area contributed by atoms with Crippen LogP contribution in [0.1, 0.15) is 10.4 Å². The molecule has 0 spiro atoms. The molecule has 1 aromatic heterocycles. The molecule has 0 bridgehead atoms.